The standard InChI is InChI=1S/C20H18FNO3/c21-17-8-4-14(5-9-17)6-11-20(24)25-13-19(23)22-18-10-7-15-2-1-3-16(15)12-18/h4-12H,1-3,13H2,(H,22,23). The molecule has 4 nitrogen and oxygen atoms in total. The molecule has 0 saturated heterocycles. The summed E-state index contributed by atoms with van der Waals surface area (Å²) in [6.07, 6.45) is 5.96. The molecular weight excluding hydrogens is 321 g/mol. The van der Waals surface area contributed by atoms with Crippen LogP contribution in [0.3, 0.4) is 0 Å². The van der Waals surface area contributed by atoms with Gasteiger partial charge in [0, 0.05) is 11.8 Å². The van der Waals surface area contributed by atoms with Crippen molar-refractivity contribution in [2.45, 2.75) is 19.3 Å². The number of carbonyl (C=O) groups excluding carboxylic acids is 2. The molecule has 1 N–H and O–H groups in total. The molecule has 25 heavy (non-hydrogen) atoms. The van der Waals surface area contributed by atoms with E-state index in [1.807, 2.05) is 18.2 Å². The second-order valence-corrected chi connectivity index (χ2v) is 5.88. The fourth-order valence-electron chi connectivity index (χ4n) is 2.77. The van der Waals surface area contributed by atoms with E-state index in [9.17, 15) is 14.0 Å². The van der Waals surface area contributed by atoms with Gasteiger partial charge in [0.1, 0.15) is 5.82 Å². The molecule has 0 fully saturated rings. The first kappa shape index (κ1) is 16.9. The van der Waals surface area contributed by atoms with Gasteiger partial charge in [0.15, 0.2) is 6.61 Å². The first-order valence-electron chi connectivity index (χ1n) is 8.12. The van der Waals surface area contributed by atoms with E-state index in [2.05, 4.69) is 5.32 Å². The number of hydrogen-bond donors (Lipinski definition) is 1. The predicted molar refractivity (Wildman–Crippen MR) is 93.5 cm³/mol. The monoisotopic (exact) mass is 339 g/mol. The van der Waals surface area contributed by atoms with Gasteiger partial charge in [-0.15, -0.1) is 0 Å². The Morgan fingerprint density at radius 2 is 1.84 bits per heavy atom. The topological polar surface area (TPSA) is 55.4 Å². The molecule has 128 valence electrons. The SMILES string of the molecule is O=C(COC(=O)C=Cc1ccc(F)cc1)Nc1ccc2c(c1)CCC2. The van der Waals surface area contributed by atoms with Crippen LogP contribution in [0.5, 0.6) is 0 Å². The van der Waals surface area contributed by atoms with Gasteiger partial charge in [-0.25, -0.2) is 9.18 Å². The van der Waals surface area contributed by atoms with Gasteiger partial charge in [-0.1, -0.05) is 18.2 Å². The Hall–Kier alpha value is -2.95. The fourth-order valence-corrected chi connectivity index (χ4v) is 2.77. The van der Waals surface area contributed by atoms with Crippen LogP contribution in [-0.4, -0.2) is 18.5 Å². The highest BCUT2D eigenvalue weighted by Crippen LogP contribution is 2.24. The Balaban J connectivity index is 1.47. The van der Waals surface area contributed by atoms with E-state index >= 15 is 0 Å². The van der Waals surface area contributed by atoms with Crippen molar-refractivity contribution >= 4 is 23.6 Å². The third-order valence-electron chi connectivity index (χ3n) is 4.01. The Bertz CT molecular complexity index is 812. The maximum atomic E-state index is 12.8. The van der Waals surface area contributed by atoms with E-state index in [0.29, 0.717) is 11.3 Å². The second kappa shape index (κ2) is 7.75. The molecule has 1 amide bonds. The maximum absolute atomic E-state index is 12.8. The number of esters is 1. The number of rotatable bonds is 5. The van der Waals surface area contributed by atoms with Crippen molar-refractivity contribution in [2.75, 3.05) is 11.9 Å². The van der Waals surface area contributed by atoms with E-state index in [1.54, 1.807) is 12.1 Å². The summed E-state index contributed by atoms with van der Waals surface area (Å²) in [6, 6.07) is 11.5. The molecule has 0 bridgehead atoms. The van der Waals surface area contributed by atoms with Crippen LogP contribution in [0.25, 0.3) is 6.08 Å². The van der Waals surface area contributed by atoms with Crippen molar-refractivity contribution in [1.82, 2.24) is 0 Å². The third kappa shape index (κ3) is 4.76. The number of fused-ring (bicyclic) bond motifs is 1. The minimum absolute atomic E-state index is 0.344. The lowest BCUT2D eigenvalue weighted by Gasteiger charge is -2.07. The van der Waals surface area contributed by atoms with Gasteiger partial charge < -0.3 is 10.1 Å². The summed E-state index contributed by atoms with van der Waals surface area (Å²) in [5.41, 5.74) is 3.97. The number of anilines is 1. The fraction of sp³-hybridized carbons (Fsp3) is 0.200. The van der Waals surface area contributed by atoms with Crippen LogP contribution in [0.4, 0.5) is 10.1 Å². The smallest absolute Gasteiger partial charge is 0.331 e. The van der Waals surface area contributed by atoms with Crippen LogP contribution < -0.4 is 5.32 Å². The lowest BCUT2D eigenvalue weighted by molar-refractivity contribution is -0.142. The summed E-state index contributed by atoms with van der Waals surface area (Å²) in [7, 11) is 0. The van der Waals surface area contributed by atoms with Crippen molar-refractivity contribution < 1.29 is 18.7 Å². The van der Waals surface area contributed by atoms with E-state index in [4.69, 9.17) is 4.74 Å². The molecule has 0 aliphatic heterocycles. The van der Waals surface area contributed by atoms with Crippen molar-refractivity contribution in [2.24, 2.45) is 0 Å². The van der Waals surface area contributed by atoms with Crippen LogP contribution >= 0.6 is 0 Å². The summed E-state index contributed by atoms with van der Waals surface area (Å²) in [6.45, 7) is -0.357. The van der Waals surface area contributed by atoms with E-state index in [1.165, 1.54) is 35.4 Å². The van der Waals surface area contributed by atoms with E-state index < -0.39 is 5.97 Å². The molecule has 0 aromatic heterocycles. The first-order chi connectivity index (χ1) is 12.1. The summed E-state index contributed by atoms with van der Waals surface area (Å²) in [4.78, 5) is 23.5. The molecule has 0 unspecified atom stereocenters. The highest BCUT2D eigenvalue weighted by molar-refractivity contribution is 5.94. The number of nitrogens with one attached hydrogen (secondary N) is 1. The number of carbonyl (C=O) groups is 2. The normalized spacial score (nSPS) is 12.8. The van der Waals surface area contributed by atoms with Crippen LogP contribution in [-0.2, 0) is 27.2 Å². The molecule has 0 radical (unpaired) electrons. The molecular formula is C20H18FNO3. The average molecular weight is 339 g/mol. The zero-order valence-corrected chi connectivity index (χ0v) is 13.6. The van der Waals surface area contributed by atoms with Gasteiger partial charge >= 0.3 is 5.97 Å². The van der Waals surface area contributed by atoms with Crippen LogP contribution in [0.2, 0.25) is 0 Å². The van der Waals surface area contributed by atoms with Crippen LogP contribution in [0, 0.1) is 5.82 Å². The minimum Gasteiger partial charge on any atom is -0.452 e. The Kier molecular flexibility index (Phi) is 5.23. The molecule has 5 heteroatoms. The van der Waals surface area contributed by atoms with Gasteiger partial charge in [0.25, 0.3) is 5.91 Å². The Labute approximate surface area is 145 Å². The quantitative estimate of drug-likeness (QED) is 0.670. The van der Waals surface area contributed by atoms with Gasteiger partial charge in [0.2, 0.25) is 0 Å². The maximum Gasteiger partial charge on any atom is 0.331 e. The molecule has 0 heterocycles. The number of ether oxygens (including phenoxy) is 1. The molecule has 1 aliphatic carbocycles. The summed E-state index contributed by atoms with van der Waals surface area (Å²) in [5.74, 6) is -1.36. The van der Waals surface area contributed by atoms with Crippen molar-refractivity contribution in [3.63, 3.8) is 0 Å². The molecule has 0 atom stereocenters. The number of aryl methyl sites for hydroxylation is 2. The highest BCUT2D eigenvalue weighted by Gasteiger charge is 2.12. The molecule has 3 rings (SSSR count). The summed E-state index contributed by atoms with van der Waals surface area (Å²) >= 11 is 0. The van der Waals surface area contributed by atoms with E-state index in [-0.39, 0.29) is 18.3 Å². The predicted octanol–water partition coefficient (Wildman–Crippen LogP) is 3.51. The van der Waals surface area contributed by atoms with Gasteiger partial charge in [0.05, 0.1) is 0 Å². The molecule has 0 spiro atoms. The number of halogens is 1. The molecule has 1 aliphatic rings. The largest absolute Gasteiger partial charge is 0.452 e. The zero-order chi connectivity index (χ0) is 17.6. The minimum atomic E-state index is -0.631. The number of amides is 1. The molecule has 0 saturated carbocycles. The molecule has 2 aromatic carbocycles. The lowest BCUT2D eigenvalue weighted by Crippen LogP contribution is -2.20. The van der Waals surface area contributed by atoms with Crippen LogP contribution in [0.1, 0.15) is 23.1 Å². The molecule has 2 aromatic rings. The third-order valence-corrected chi connectivity index (χ3v) is 4.01. The number of benzene rings is 2. The summed E-state index contributed by atoms with van der Waals surface area (Å²) in [5, 5.41) is 2.73. The number of hydrogen-bond acceptors (Lipinski definition) is 3. The van der Waals surface area contributed by atoms with Gasteiger partial charge in [-0.3, -0.25) is 4.79 Å². The summed E-state index contributed by atoms with van der Waals surface area (Å²) < 4.78 is 17.7. The average Bonchev–Trinajstić information content (AvgIpc) is 3.07. The van der Waals surface area contributed by atoms with Crippen molar-refractivity contribution in [1.29, 1.82) is 0 Å². The van der Waals surface area contributed by atoms with E-state index in [0.717, 1.165) is 19.3 Å². The first-order valence-corrected chi connectivity index (χ1v) is 8.12. The van der Waals surface area contributed by atoms with Crippen molar-refractivity contribution in [3.8, 4) is 0 Å². The van der Waals surface area contributed by atoms with Crippen LogP contribution in [0.15, 0.2) is 48.5 Å². The zero-order valence-electron chi connectivity index (χ0n) is 13.6. The Morgan fingerprint density at radius 3 is 2.64 bits per heavy atom. The highest BCUT2D eigenvalue weighted by atomic mass is 19.1. The second-order valence-electron chi connectivity index (χ2n) is 5.88. The Morgan fingerprint density at radius 1 is 1.08 bits per heavy atom. The van der Waals surface area contributed by atoms with Crippen molar-refractivity contribution in [3.05, 3.63) is 71.0 Å². The van der Waals surface area contributed by atoms with Gasteiger partial charge in [-0.05, 0) is 66.3 Å². The lowest BCUT2D eigenvalue weighted by atomic mass is 10.1. The van der Waals surface area contributed by atoms with Gasteiger partial charge in [-0.2, -0.15) is 0 Å².